The highest BCUT2D eigenvalue weighted by molar-refractivity contribution is 6.02. The fraction of sp³-hybridized carbons (Fsp3) is 0.143. The van der Waals surface area contributed by atoms with Crippen molar-refractivity contribution in [2.75, 3.05) is 19.4 Å². The van der Waals surface area contributed by atoms with E-state index in [-0.39, 0.29) is 57.7 Å². The number of amidine groups is 1. The second-order valence-electron chi connectivity index (χ2n) is 9.19. The number of methoxy groups -OCH3 is 2. The van der Waals surface area contributed by atoms with Crippen molar-refractivity contribution >= 4 is 34.5 Å². The van der Waals surface area contributed by atoms with Gasteiger partial charge in [-0.05, 0) is 29.8 Å². The largest absolute Gasteiger partial charge is 0.733 e. The third kappa shape index (κ3) is 6.50. The van der Waals surface area contributed by atoms with Crippen molar-refractivity contribution < 1.29 is 28.3 Å². The summed E-state index contributed by atoms with van der Waals surface area (Å²) in [5.41, 5.74) is 19.0. The molecular weight excluding hydrogens is 580 g/mol. The number of amides is 1. The zero-order valence-corrected chi connectivity index (χ0v) is 23.6. The maximum atomic E-state index is 14.4. The van der Waals surface area contributed by atoms with Crippen molar-refractivity contribution in [3.63, 3.8) is 0 Å². The number of aliphatic imine (C=N–C) groups is 1. The summed E-state index contributed by atoms with van der Waals surface area (Å²) in [5.74, 6) is -1.94. The van der Waals surface area contributed by atoms with E-state index < -0.39 is 29.4 Å². The SMILES string of the molecule is C=C(N=C(N)C(=C(N)N)N(Cc1cc(N([O-])O)ccc1OC)C(=O)OC)n1nc(Cc2ccccc2F)c2ncc(F)cc21. The highest BCUT2D eigenvalue weighted by Gasteiger charge is 2.27. The average Bonchev–Trinajstić information content (AvgIpc) is 3.34. The number of anilines is 1. The minimum atomic E-state index is -0.976. The van der Waals surface area contributed by atoms with E-state index in [2.05, 4.69) is 21.7 Å². The molecule has 0 radical (unpaired) electrons. The molecule has 16 heteroatoms. The predicted octanol–water partition coefficient (Wildman–Crippen LogP) is 3.14. The Hall–Kier alpha value is -5.74. The van der Waals surface area contributed by atoms with Crippen LogP contribution in [0.2, 0.25) is 0 Å². The van der Waals surface area contributed by atoms with Crippen LogP contribution in [0.15, 0.2) is 77.8 Å². The molecule has 2 aromatic heterocycles. The van der Waals surface area contributed by atoms with Crippen LogP contribution in [-0.4, -0.2) is 51.0 Å². The molecule has 0 aliphatic heterocycles. The van der Waals surface area contributed by atoms with Crippen LogP contribution >= 0.6 is 0 Å². The number of halogens is 2. The molecule has 0 saturated heterocycles. The van der Waals surface area contributed by atoms with Crippen molar-refractivity contribution in [3.8, 4) is 5.75 Å². The van der Waals surface area contributed by atoms with Gasteiger partial charge in [-0.15, -0.1) is 0 Å². The van der Waals surface area contributed by atoms with E-state index in [4.69, 9.17) is 26.7 Å². The van der Waals surface area contributed by atoms with Crippen LogP contribution in [0.25, 0.3) is 16.9 Å². The van der Waals surface area contributed by atoms with Crippen molar-refractivity contribution in [3.05, 3.63) is 106 Å². The molecule has 1 amide bonds. The van der Waals surface area contributed by atoms with Crippen LogP contribution in [-0.2, 0) is 17.7 Å². The summed E-state index contributed by atoms with van der Waals surface area (Å²) in [7, 11) is 2.45. The van der Waals surface area contributed by atoms with E-state index in [0.29, 0.717) is 11.3 Å². The minimum Gasteiger partial charge on any atom is -0.733 e. The summed E-state index contributed by atoms with van der Waals surface area (Å²) in [6.07, 6.45) is 0.0413. The average molecular weight is 609 g/mol. The van der Waals surface area contributed by atoms with Gasteiger partial charge >= 0.3 is 6.09 Å². The van der Waals surface area contributed by atoms with Gasteiger partial charge in [-0.25, -0.2) is 28.2 Å². The molecule has 14 nitrogen and oxygen atoms in total. The number of benzene rings is 2. The molecular formula is C28H28F2N9O5-. The van der Waals surface area contributed by atoms with Crippen molar-refractivity contribution in [1.82, 2.24) is 19.7 Å². The van der Waals surface area contributed by atoms with Gasteiger partial charge in [-0.2, -0.15) is 5.10 Å². The normalized spacial score (nSPS) is 11.3. The van der Waals surface area contributed by atoms with E-state index in [1.54, 1.807) is 18.2 Å². The minimum absolute atomic E-state index is 0.0217. The second kappa shape index (κ2) is 13.1. The smallest absolute Gasteiger partial charge is 0.414 e. The van der Waals surface area contributed by atoms with Gasteiger partial charge < -0.3 is 37.1 Å². The van der Waals surface area contributed by atoms with Crippen LogP contribution in [0.4, 0.5) is 19.3 Å². The van der Waals surface area contributed by atoms with Gasteiger partial charge in [0.1, 0.15) is 40.2 Å². The first-order valence-electron chi connectivity index (χ1n) is 12.7. The monoisotopic (exact) mass is 608 g/mol. The number of carbonyl (C=O) groups is 1. The van der Waals surface area contributed by atoms with Crippen LogP contribution in [0.5, 0.6) is 5.75 Å². The lowest BCUT2D eigenvalue weighted by molar-refractivity contribution is 0.135. The van der Waals surface area contributed by atoms with Gasteiger partial charge in [-0.3, -0.25) is 10.1 Å². The summed E-state index contributed by atoms with van der Waals surface area (Å²) in [5, 5.41) is 24.9. The van der Waals surface area contributed by atoms with E-state index in [1.165, 1.54) is 31.4 Å². The highest BCUT2D eigenvalue weighted by Crippen LogP contribution is 2.28. The number of aromatic nitrogens is 3. The number of fused-ring (bicyclic) bond motifs is 1. The number of ether oxygens (including phenoxy) is 2. The quantitative estimate of drug-likeness (QED) is 0.117. The molecule has 230 valence electrons. The number of nitrogens with zero attached hydrogens (tertiary/aromatic N) is 6. The number of hydrogen-bond acceptors (Lipinski definition) is 11. The second-order valence-corrected chi connectivity index (χ2v) is 9.19. The molecule has 0 aliphatic rings. The summed E-state index contributed by atoms with van der Waals surface area (Å²) >= 11 is 0. The molecule has 0 atom stereocenters. The lowest BCUT2D eigenvalue weighted by atomic mass is 10.1. The molecule has 7 N–H and O–H groups in total. The number of nitrogens with two attached hydrogens (primary N) is 3. The van der Waals surface area contributed by atoms with Crippen molar-refractivity contribution in [2.45, 2.75) is 13.0 Å². The molecule has 4 rings (SSSR count). The zero-order valence-electron chi connectivity index (χ0n) is 23.6. The Morgan fingerprint density at radius 3 is 2.50 bits per heavy atom. The first kappa shape index (κ1) is 31.2. The molecule has 2 heterocycles. The zero-order chi connectivity index (χ0) is 32.1. The Labute approximate surface area is 249 Å². The molecule has 4 aromatic rings. The van der Waals surface area contributed by atoms with E-state index in [1.807, 2.05) is 0 Å². The Morgan fingerprint density at radius 1 is 1.14 bits per heavy atom. The lowest BCUT2D eigenvalue weighted by Crippen LogP contribution is -2.40. The molecule has 44 heavy (non-hydrogen) atoms. The fourth-order valence-electron chi connectivity index (χ4n) is 4.38. The van der Waals surface area contributed by atoms with Crippen LogP contribution in [0.1, 0.15) is 16.8 Å². The first-order valence-corrected chi connectivity index (χ1v) is 12.7. The summed E-state index contributed by atoms with van der Waals surface area (Å²) in [6.45, 7) is 3.51. The van der Waals surface area contributed by atoms with Crippen molar-refractivity contribution in [2.24, 2.45) is 22.2 Å². The Kier molecular flexibility index (Phi) is 9.26. The van der Waals surface area contributed by atoms with E-state index in [9.17, 15) is 24.0 Å². The summed E-state index contributed by atoms with van der Waals surface area (Å²) in [4.78, 5) is 22.2. The Morgan fingerprint density at radius 2 is 1.86 bits per heavy atom. The van der Waals surface area contributed by atoms with Crippen LogP contribution < -0.4 is 27.2 Å². The van der Waals surface area contributed by atoms with Gasteiger partial charge in [0.15, 0.2) is 5.84 Å². The van der Waals surface area contributed by atoms with Gasteiger partial charge in [-0.1, -0.05) is 24.8 Å². The van der Waals surface area contributed by atoms with E-state index >= 15 is 0 Å². The number of hydrogen-bond donors (Lipinski definition) is 4. The maximum Gasteiger partial charge on any atom is 0.414 e. The predicted molar refractivity (Wildman–Crippen MR) is 158 cm³/mol. The first-order chi connectivity index (χ1) is 20.9. The van der Waals surface area contributed by atoms with Crippen LogP contribution in [0, 0.1) is 16.8 Å². The Bertz CT molecular complexity index is 1780. The Balaban J connectivity index is 1.76. The third-order valence-electron chi connectivity index (χ3n) is 6.36. The maximum absolute atomic E-state index is 14.4. The number of rotatable bonds is 10. The van der Waals surface area contributed by atoms with Gasteiger partial charge in [0.25, 0.3) is 0 Å². The van der Waals surface area contributed by atoms with Gasteiger partial charge in [0.2, 0.25) is 0 Å². The highest BCUT2D eigenvalue weighted by atomic mass is 19.1. The number of pyridine rings is 1. The van der Waals surface area contributed by atoms with Gasteiger partial charge in [0.05, 0.1) is 43.9 Å². The topological polar surface area (TPSA) is 206 Å². The van der Waals surface area contributed by atoms with E-state index in [0.717, 1.165) is 29.0 Å². The van der Waals surface area contributed by atoms with Crippen molar-refractivity contribution in [1.29, 1.82) is 0 Å². The standard InChI is InChI=1S/C28H28F2N9O5/c1-15(38-22-12-18(29)13-34-24(22)21(36-38)11-16-6-4-5-7-20(16)30)35-27(33)25(26(31)32)37(28(40)44-3)14-17-10-19(39(41)42)8-9-23(17)43-2/h4-10,12-13,41H,1,11,14,31-32H2,2-3H3,(H2,33,35)/q-1. The third-order valence-corrected chi connectivity index (χ3v) is 6.36. The molecule has 0 spiro atoms. The molecule has 0 aliphatic carbocycles. The molecule has 0 fully saturated rings. The van der Waals surface area contributed by atoms with Gasteiger partial charge in [0, 0.05) is 18.1 Å². The van der Waals surface area contributed by atoms with Crippen LogP contribution in [0.3, 0.4) is 0 Å². The summed E-state index contributed by atoms with van der Waals surface area (Å²) in [6, 6.07) is 11.2. The molecule has 0 unspecified atom stereocenters. The molecule has 2 aromatic carbocycles. The summed E-state index contributed by atoms with van der Waals surface area (Å²) < 4.78 is 40.0. The lowest BCUT2D eigenvalue weighted by Gasteiger charge is -2.27. The number of carbonyl (C=O) groups excluding carboxylic acids is 1. The fourth-order valence-corrected chi connectivity index (χ4v) is 4.38. The molecule has 0 saturated carbocycles. The molecule has 0 bridgehead atoms.